The molecular weight excluding hydrogens is 228 g/mol. The first-order chi connectivity index (χ1) is 8.79. The van der Waals surface area contributed by atoms with Crippen molar-refractivity contribution < 1.29 is 9.47 Å². The Balaban J connectivity index is 2.17. The first-order valence-corrected chi connectivity index (χ1v) is 7.31. The second-order valence-corrected chi connectivity index (χ2v) is 5.15. The molecule has 4 heteroatoms. The van der Waals surface area contributed by atoms with Gasteiger partial charge >= 0.3 is 0 Å². The largest absolute Gasteiger partial charge is 0.385 e. The van der Waals surface area contributed by atoms with Crippen LogP contribution in [0.25, 0.3) is 0 Å². The number of hydrogen-bond donors (Lipinski definition) is 1. The molecule has 0 aliphatic carbocycles. The van der Waals surface area contributed by atoms with Gasteiger partial charge in [0.1, 0.15) is 0 Å². The Morgan fingerprint density at radius 3 is 2.89 bits per heavy atom. The van der Waals surface area contributed by atoms with E-state index in [-0.39, 0.29) is 0 Å². The summed E-state index contributed by atoms with van der Waals surface area (Å²) >= 11 is 0. The fourth-order valence-corrected chi connectivity index (χ4v) is 2.47. The van der Waals surface area contributed by atoms with Crippen LogP contribution in [0.5, 0.6) is 0 Å². The van der Waals surface area contributed by atoms with Gasteiger partial charge in [0.2, 0.25) is 0 Å². The minimum atomic E-state index is 0.673. The fourth-order valence-electron chi connectivity index (χ4n) is 2.47. The number of piperazine rings is 1. The average Bonchev–Trinajstić information content (AvgIpc) is 2.42. The quantitative estimate of drug-likeness (QED) is 0.633. The smallest absolute Gasteiger partial charge is 0.0593 e. The Hall–Kier alpha value is -0.160. The molecule has 0 radical (unpaired) electrons. The highest BCUT2D eigenvalue weighted by atomic mass is 16.5. The molecule has 0 aromatic carbocycles. The van der Waals surface area contributed by atoms with Crippen LogP contribution < -0.4 is 5.32 Å². The van der Waals surface area contributed by atoms with E-state index < -0.39 is 0 Å². The predicted octanol–water partition coefficient (Wildman–Crippen LogP) is 1.36. The Kier molecular flexibility index (Phi) is 8.59. The lowest BCUT2D eigenvalue weighted by molar-refractivity contribution is 0.0518. The van der Waals surface area contributed by atoms with Crippen molar-refractivity contribution in [2.24, 2.45) is 5.92 Å². The average molecular weight is 258 g/mol. The molecule has 1 aliphatic rings. The molecule has 108 valence electrons. The van der Waals surface area contributed by atoms with Crippen molar-refractivity contribution in [3.8, 4) is 0 Å². The van der Waals surface area contributed by atoms with Gasteiger partial charge in [-0.05, 0) is 12.3 Å². The standard InChI is InChI=1S/C14H30N2O2/c1-4-13(2)14-12-15-6-7-16(14)8-11-18-10-5-9-17-3/h13-15H,4-12H2,1-3H3. The maximum atomic E-state index is 5.66. The summed E-state index contributed by atoms with van der Waals surface area (Å²) in [6.07, 6.45) is 2.24. The summed E-state index contributed by atoms with van der Waals surface area (Å²) in [5.74, 6) is 0.756. The summed E-state index contributed by atoms with van der Waals surface area (Å²) in [6.45, 7) is 11.5. The summed E-state index contributed by atoms with van der Waals surface area (Å²) in [6, 6.07) is 0.673. The molecule has 2 atom stereocenters. The molecule has 0 spiro atoms. The molecule has 4 nitrogen and oxygen atoms in total. The Morgan fingerprint density at radius 1 is 1.33 bits per heavy atom. The lowest BCUT2D eigenvalue weighted by Gasteiger charge is -2.39. The summed E-state index contributed by atoms with van der Waals surface area (Å²) in [5, 5.41) is 3.50. The molecular formula is C14H30N2O2. The topological polar surface area (TPSA) is 33.7 Å². The van der Waals surface area contributed by atoms with Crippen LogP contribution in [0.3, 0.4) is 0 Å². The van der Waals surface area contributed by atoms with Crippen molar-refractivity contribution in [3.05, 3.63) is 0 Å². The Morgan fingerprint density at radius 2 is 2.17 bits per heavy atom. The maximum absolute atomic E-state index is 5.66. The van der Waals surface area contributed by atoms with Crippen LogP contribution in [0, 0.1) is 5.92 Å². The van der Waals surface area contributed by atoms with Crippen molar-refractivity contribution in [1.29, 1.82) is 0 Å². The number of nitrogens with zero attached hydrogens (tertiary/aromatic N) is 1. The number of methoxy groups -OCH3 is 1. The van der Waals surface area contributed by atoms with Crippen LogP contribution >= 0.6 is 0 Å². The molecule has 18 heavy (non-hydrogen) atoms. The van der Waals surface area contributed by atoms with Gasteiger partial charge in [0.25, 0.3) is 0 Å². The maximum Gasteiger partial charge on any atom is 0.0593 e. The number of nitrogens with one attached hydrogen (secondary N) is 1. The van der Waals surface area contributed by atoms with Gasteiger partial charge in [-0.3, -0.25) is 4.90 Å². The minimum absolute atomic E-state index is 0.673. The fraction of sp³-hybridized carbons (Fsp3) is 1.00. The van der Waals surface area contributed by atoms with Crippen molar-refractivity contribution in [1.82, 2.24) is 10.2 Å². The van der Waals surface area contributed by atoms with Crippen LogP contribution in [0.1, 0.15) is 26.7 Å². The molecule has 0 aromatic rings. The van der Waals surface area contributed by atoms with E-state index in [9.17, 15) is 0 Å². The third-order valence-electron chi connectivity index (χ3n) is 3.86. The van der Waals surface area contributed by atoms with E-state index in [4.69, 9.17) is 9.47 Å². The van der Waals surface area contributed by atoms with E-state index in [2.05, 4.69) is 24.1 Å². The van der Waals surface area contributed by atoms with Gasteiger partial charge < -0.3 is 14.8 Å². The number of ether oxygens (including phenoxy) is 2. The van der Waals surface area contributed by atoms with Crippen molar-refractivity contribution >= 4 is 0 Å². The number of rotatable bonds is 9. The zero-order valence-electron chi connectivity index (χ0n) is 12.3. The lowest BCUT2D eigenvalue weighted by Crippen LogP contribution is -2.54. The zero-order valence-corrected chi connectivity index (χ0v) is 12.3. The van der Waals surface area contributed by atoms with E-state index in [1.165, 1.54) is 6.42 Å². The van der Waals surface area contributed by atoms with Gasteiger partial charge in [0.15, 0.2) is 0 Å². The summed E-state index contributed by atoms with van der Waals surface area (Å²) in [4.78, 5) is 2.58. The van der Waals surface area contributed by atoms with E-state index in [0.29, 0.717) is 6.04 Å². The van der Waals surface area contributed by atoms with Crippen LogP contribution in [0.2, 0.25) is 0 Å². The van der Waals surface area contributed by atoms with E-state index >= 15 is 0 Å². The Bertz CT molecular complexity index is 202. The highest BCUT2D eigenvalue weighted by molar-refractivity contribution is 4.83. The van der Waals surface area contributed by atoms with Crippen LogP contribution in [0.4, 0.5) is 0 Å². The van der Waals surface area contributed by atoms with Gasteiger partial charge in [-0.1, -0.05) is 20.3 Å². The Labute approximate surface area is 112 Å². The normalized spacial score (nSPS) is 23.2. The summed E-state index contributed by atoms with van der Waals surface area (Å²) in [5.41, 5.74) is 0. The van der Waals surface area contributed by atoms with Crippen LogP contribution in [0.15, 0.2) is 0 Å². The third kappa shape index (κ3) is 5.65. The highest BCUT2D eigenvalue weighted by Crippen LogP contribution is 2.15. The molecule has 0 amide bonds. The van der Waals surface area contributed by atoms with Crippen LogP contribution in [-0.2, 0) is 9.47 Å². The van der Waals surface area contributed by atoms with Gasteiger partial charge in [-0.2, -0.15) is 0 Å². The van der Waals surface area contributed by atoms with E-state index in [1.54, 1.807) is 7.11 Å². The lowest BCUT2D eigenvalue weighted by atomic mass is 9.96. The van der Waals surface area contributed by atoms with Gasteiger partial charge in [0, 0.05) is 52.5 Å². The molecule has 1 aliphatic heterocycles. The summed E-state index contributed by atoms with van der Waals surface area (Å²) in [7, 11) is 1.73. The second kappa shape index (κ2) is 9.73. The molecule has 0 aromatic heterocycles. The highest BCUT2D eigenvalue weighted by Gasteiger charge is 2.25. The van der Waals surface area contributed by atoms with E-state index in [1.807, 2.05) is 0 Å². The van der Waals surface area contributed by atoms with Gasteiger partial charge in [-0.15, -0.1) is 0 Å². The second-order valence-electron chi connectivity index (χ2n) is 5.15. The molecule has 1 rings (SSSR count). The SMILES string of the molecule is CCC(C)C1CNCCN1CCOCCCOC. The van der Waals surface area contributed by atoms with Crippen molar-refractivity contribution in [3.63, 3.8) is 0 Å². The molecule has 0 bridgehead atoms. The molecule has 1 fully saturated rings. The van der Waals surface area contributed by atoms with Crippen molar-refractivity contribution in [2.75, 3.05) is 53.1 Å². The first-order valence-electron chi connectivity index (χ1n) is 7.31. The zero-order chi connectivity index (χ0) is 13.2. The third-order valence-corrected chi connectivity index (χ3v) is 3.86. The first kappa shape index (κ1) is 15.9. The molecule has 2 unspecified atom stereocenters. The predicted molar refractivity (Wildman–Crippen MR) is 75.0 cm³/mol. The van der Waals surface area contributed by atoms with E-state index in [0.717, 1.165) is 58.3 Å². The number of hydrogen-bond acceptors (Lipinski definition) is 4. The minimum Gasteiger partial charge on any atom is -0.385 e. The summed E-state index contributed by atoms with van der Waals surface area (Å²) < 4.78 is 10.7. The van der Waals surface area contributed by atoms with Crippen molar-refractivity contribution in [2.45, 2.75) is 32.7 Å². The monoisotopic (exact) mass is 258 g/mol. The van der Waals surface area contributed by atoms with Gasteiger partial charge in [0.05, 0.1) is 6.61 Å². The molecule has 1 heterocycles. The molecule has 1 N–H and O–H groups in total. The van der Waals surface area contributed by atoms with Gasteiger partial charge in [-0.25, -0.2) is 0 Å². The molecule has 1 saturated heterocycles. The van der Waals surface area contributed by atoms with Crippen LogP contribution in [-0.4, -0.2) is 64.1 Å². The molecule has 0 saturated carbocycles.